The molecular formula is C14H28IN3. The number of rotatable bonds is 3. The second-order valence-corrected chi connectivity index (χ2v) is 5.70. The standard InChI is InChI=1S/C14H27N3.HI/c1-4-14(5-2)9-10-17(11-14)13(15-3)16-12-7-6-8-12;/h12H,4-11H2,1-3H3,(H,15,16);1H. The second kappa shape index (κ2) is 6.96. The number of aliphatic imine (C=N–C) groups is 1. The van der Waals surface area contributed by atoms with E-state index in [1.807, 2.05) is 7.05 Å². The molecule has 1 heterocycles. The molecule has 106 valence electrons. The molecule has 2 fully saturated rings. The Labute approximate surface area is 129 Å². The number of nitrogens with one attached hydrogen (secondary N) is 1. The predicted octanol–water partition coefficient (Wildman–Crippen LogP) is 3.24. The Morgan fingerprint density at radius 2 is 2.00 bits per heavy atom. The van der Waals surface area contributed by atoms with Gasteiger partial charge in [-0.3, -0.25) is 4.99 Å². The van der Waals surface area contributed by atoms with Crippen molar-refractivity contribution < 1.29 is 0 Å². The summed E-state index contributed by atoms with van der Waals surface area (Å²) in [6, 6.07) is 0.687. The van der Waals surface area contributed by atoms with Crippen molar-refractivity contribution in [1.82, 2.24) is 10.2 Å². The third-order valence-corrected chi connectivity index (χ3v) is 4.89. The minimum absolute atomic E-state index is 0. The van der Waals surface area contributed by atoms with Crippen LogP contribution in [0, 0.1) is 5.41 Å². The van der Waals surface area contributed by atoms with E-state index in [9.17, 15) is 0 Å². The maximum absolute atomic E-state index is 4.46. The minimum atomic E-state index is 0. The molecule has 1 saturated heterocycles. The molecular weight excluding hydrogens is 337 g/mol. The first-order chi connectivity index (χ1) is 8.23. The van der Waals surface area contributed by atoms with Gasteiger partial charge >= 0.3 is 0 Å². The van der Waals surface area contributed by atoms with Crippen molar-refractivity contribution in [2.24, 2.45) is 10.4 Å². The van der Waals surface area contributed by atoms with Crippen LogP contribution >= 0.6 is 24.0 Å². The van der Waals surface area contributed by atoms with Gasteiger partial charge in [-0.25, -0.2) is 0 Å². The van der Waals surface area contributed by atoms with Crippen LogP contribution in [0.1, 0.15) is 52.4 Å². The van der Waals surface area contributed by atoms with E-state index in [0.717, 1.165) is 5.96 Å². The van der Waals surface area contributed by atoms with Crippen molar-refractivity contribution in [3.8, 4) is 0 Å². The average Bonchev–Trinajstić information content (AvgIpc) is 2.73. The van der Waals surface area contributed by atoms with Crippen LogP contribution in [0.4, 0.5) is 0 Å². The normalized spacial score (nSPS) is 23.5. The van der Waals surface area contributed by atoms with Gasteiger partial charge in [0.15, 0.2) is 5.96 Å². The quantitative estimate of drug-likeness (QED) is 0.472. The Balaban J connectivity index is 0.00000162. The number of guanidine groups is 1. The highest BCUT2D eigenvalue weighted by molar-refractivity contribution is 14.0. The van der Waals surface area contributed by atoms with Crippen molar-refractivity contribution in [2.75, 3.05) is 20.1 Å². The molecule has 0 spiro atoms. The van der Waals surface area contributed by atoms with E-state index in [0.29, 0.717) is 11.5 Å². The third-order valence-electron chi connectivity index (χ3n) is 4.89. The van der Waals surface area contributed by atoms with Crippen molar-refractivity contribution in [3.63, 3.8) is 0 Å². The SMILES string of the molecule is CCC1(CC)CCN(C(=NC)NC2CCC2)C1.I. The van der Waals surface area contributed by atoms with Crippen LogP contribution in [0.5, 0.6) is 0 Å². The smallest absolute Gasteiger partial charge is 0.193 e. The van der Waals surface area contributed by atoms with E-state index in [1.54, 1.807) is 0 Å². The van der Waals surface area contributed by atoms with Gasteiger partial charge in [0.25, 0.3) is 0 Å². The zero-order valence-electron chi connectivity index (χ0n) is 12.0. The van der Waals surface area contributed by atoms with Gasteiger partial charge in [-0.2, -0.15) is 0 Å². The molecule has 3 nitrogen and oxygen atoms in total. The number of likely N-dealkylation sites (tertiary alicyclic amines) is 1. The summed E-state index contributed by atoms with van der Waals surface area (Å²) in [6.45, 7) is 7.02. The van der Waals surface area contributed by atoms with Gasteiger partial charge in [0.2, 0.25) is 0 Å². The van der Waals surface area contributed by atoms with Crippen LogP contribution in [-0.4, -0.2) is 37.0 Å². The fourth-order valence-corrected chi connectivity index (χ4v) is 2.98. The van der Waals surface area contributed by atoms with Crippen molar-refractivity contribution in [1.29, 1.82) is 0 Å². The molecule has 0 aromatic heterocycles. The predicted molar refractivity (Wildman–Crippen MR) is 88.8 cm³/mol. The molecule has 0 aromatic carbocycles. The lowest BCUT2D eigenvalue weighted by atomic mass is 9.82. The summed E-state index contributed by atoms with van der Waals surface area (Å²) < 4.78 is 0. The fourth-order valence-electron chi connectivity index (χ4n) is 2.98. The number of hydrogen-bond donors (Lipinski definition) is 1. The fraction of sp³-hybridized carbons (Fsp3) is 0.929. The molecule has 0 atom stereocenters. The highest BCUT2D eigenvalue weighted by atomic mass is 127. The maximum atomic E-state index is 4.46. The van der Waals surface area contributed by atoms with Crippen LogP contribution in [0.3, 0.4) is 0 Å². The molecule has 18 heavy (non-hydrogen) atoms. The van der Waals surface area contributed by atoms with Gasteiger partial charge in [0.1, 0.15) is 0 Å². The van der Waals surface area contributed by atoms with E-state index in [-0.39, 0.29) is 24.0 Å². The number of halogens is 1. The van der Waals surface area contributed by atoms with Crippen molar-refractivity contribution in [2.45, 2.75) is 58.4 Å². The third kappa shape index (κ3) is 3.31. The second-order valence-electron chi connectivity index (χ2n) is 5.70. The van der Waals surface area contributed by atoms with Gasteiger partial charge < -0.3 is 10.2 Å². The Morgan fingerprint density at radius 3 is 2.39 bits per heavy atom. The van der Waals surface area contributed by atoms with Crippen LogP contribution in [0.15, 0.2) is 4.99 Å². The average molecular weight is 365 g/mol. The summed E-state index contributed by atoms with van der Waals surface area (Å²) in [7, 11) is 1.92. The molecule has 1 saturated carbocycles. The van der Waals surface area contributed by atoms with Crippen LogP contribution < -0.4 is 5.32 Å². The maximum Gasteiger partial charge on any atom is 0.193 e. The molecule has 1 aliphatic carbocycles. The largest absolute Gasteiger partial charge is 0.354 e. The highest BCUT2D eigenvalue weighted by Crippen LogP contribution is 2.37. The monoisotopic (exact) mass is 365 g/mol. The first kappa shape index (κ1) is 16.1. The first-order valence-corrected chi connectivity index (χ1v) is 7.21. The molecule has 2 aliphatic rings. The minimum Gasteiger partial charge on any atom is -0.354 e. The molecule has 4 heteroatoms. The van der Waals surface area contributed by atoms with Gasteiger partial charge in [-0.15, -0.1) is 24.0 Å². The van der Waals surface area contributed by atoms with Gasteiger partial charge in [0, 0.05) is 26.2 Å². The number of hydrogen-bond acceptors (Lipinski definition) is 1. The van der Waals surface area contributed by atoms with Gasteiger partial charge in [-0.1, -0.05) is 13.8 Å². The van der Waals surface area contributed by atoms with E-state index < -0.39 is 0 Å². The van der Waals surface area contributed by atoms with Crippen LogP contribution in [-0.2, 0) is 0 Å². The zero-order valence-corrected chi connectivity index (χ0v) is 14.4. The summed E-state index contributed by atoms with van der Waals surface area (Å²) in [5.74, 6) is 1.14. The Hall–Kier alpha value is 0. The molecule has 0 aromatic rings. The molecule has 0 radical (unpaired) electrons. The lowest BCUT2D eigenvalue weighted by molar-refractivity contribution is 0.273. The highest BCUT2D eigenvalue weighted by Gasteiger charge is 2.36. The lowest BCUT2D eigenvalue weighted by Gasteiger charge is -2.33. The Morgan fingerprint density at radius 1 is 1.33 bits per heavy atom. The summed E-state index contributed by atoms with van der Waals surface area (Å²) >= 11 is 0. The Kier molecular flexibility index (Phi) is 6.21. The summed E-state index contributed by atoms with van der Waals surface area (Å²) in [6.07, 6.45) is 7.92. The van der Waals surface area contributed by atoms with Crippen LogP contribution in [0.2, 0.25) is 0 Å². The topological polar surface area (TPSA) is 27.6 Å². The van der Waals surface area contributed by atoms with Crippen molar-refractivity contribution in [3.05, 3.63) is 0 Å². The van der Waals surface area contributed by atoms with E-state index in [4.69, 9.17) is 0 Å². The lowest BCUT2D eigenvalue weighted by Crippen LogP contribution is -2.48. The van der Waals surface area contributed by atoms with Crippen molar-refractivity contribution >= 4 is 29.9 Å². The van der Waals surface area contributed by atoms with E-state index >= 15 is 0 Å². The zero-order chi connectivity index (χ0) is 12.3. The summed E-state index contributed by atoms with van der Waals surface area (Å²) in [5, 5.41) is 3.61. The van der Waals surface area contributed by atoms with E-state index in [1.165, 1.54) is 51.6 Å². The summed E-state index contributed by atoms with van der Waals surface area (Å²) in [4.78, 5) is 6.92. The summed E-state index contributed by atoms with van der Waals surface area (Å²) in [5.41, 5.74) is 0.539. The first-order valence-electron chi connectivity index (χ1n) is 7.21. The number of nitrogens with zero attached hydrogens (tertiary/aromatic N) is 2. The molecule has 2 rings (SSSR count). The van der Waals surface area contributed by atoms with Gasteiger partial charge in [0.05, 0.1) is 0 Å². The molecule has 0 unspecified atom stereocenters. The van der Waals surface area contributed by atoms with Crippen LogP contribution in [0.25, 0.3) is 0 Å². The molecule has 1 N–H and O–H groups in total. The van der Waals surface area contributed by atoms with Gasteiger partial charge in [-0.05, 0) is 43.9 Å². The molecule has 1 aliphatic heterocycles. The molecule has 0 bridgehead atoms. The van der Waals surface area contributed by atoms with E-state index in [2.05, 4.69) is 29.1 Å². The Bertz CT molecular complexity index is 283. The molecule has 0 amide bonds.